The molecule has 306 valence electrons. The third-order valence-corrected chi connectivity index (χ3v) is 10.3. The molecule has 4 aromatic carbocycles. The molecule has 58 heavy (non-hydrogen) atoms. The van der Waals surface area contributed by atoms with E-state index in [1.54, 1.807) is 23.5 Å². The molecule has 2 atom stereocenters. The van der Waals surface area contributed by atoms with Gasteiger partial charge >= 0.3 is 24.1 Å². The number of benzene rings is 4. The lowest BCUT2D eigenvalue weighted by atomic mass is 10.1. The summed E-state index contributed by atoms with van der Waals surface area (Å²) in [5, 5.41) is 5.20. The molecular weight excluding hydrogens is 781 g/mol. The van der Waals surface area contributed by atoms with Gasteiger partial charge in [0.15, 0.2) is 0 Å². The minimum Gasteiger partial charge on any atom is -0.489 e. The van der Waals surface area contributed by atoms with Gasteiger partial charge in [0.2, 0.25) is 0 Å². The van der Waals surface area contributed by atoms with E-state index in [0.717, 1.165) is 34.4 Å². The molecule has 0 aliphatic rings. The van der Waals surface area contributed by atoms with E-state index in [2.05, 4.69) is 23.8 Å². The van der Waals surface area contributed by atoms with Gasteiger partial charge in [-0.2, -0.15) is 23.5 Å². The normalized spacial score (nSPS) is 11.5. The fraction of sp³-hybridized carbons (Fsp3) is 0.273. The van der Waals surface area contributed by atoms with Crippen LogP contribution in [-0.2, 0) is 28.5 Å². The Bertz CT molecular complexity index is 1760. The number of hydrogen-bond acceptors (Lipinski definition) is 12. The van der Waals surface area contributed by atoms with Crippen molar-refractivity contribution in [2.24, 2.45) is 0 Å². The van der Waals surface area contributed by atoms with Gasteiger partial charge in [-0.25, -0.2) is 19.2 Å². The Balaban J connectivity index is 1.32. The Morgan fingerprint density at radius 3 is 1.33 bits per heavy atom. The van der Waals surface area contributed by atoms with Gasteiger partial charge in [0.25, 0.3) is 0 Å². The molecule has 0 aliphatic heterocycles. The highest BCUT2D eigenvalue weighted by atomic mass is 32.2. The van der Waals surface area contributed by atoms with E-state index in [-0.39, 0.29) is 39.5 Å². The van der Waals surface area contributed by atoms with Crippen LogP contribution < -0.4 is 20.1 Å². The van der Waals surface area contributed by atoms with Crippen LogP contribution in [0.1, 0.15) is 0 Å². The fourth-order valence-electron chi connectivity index (χ4n) is 5.16. The first-order valence-electron chi connectivity index (χ1n) is 18.5. The lowest BCUT2D eigenvalue weighted by molar-refractivity contribution is -0.138. The third kappa shape index (κ3) is 16.7. The van der Waals surface area contributed by atoms with Crippen LogP contribution in [0.5, 0.6) is 11.5 Å². The number of nitrogens with one attached hydrogen (secondary N) is 2. The number of alkyl carbamates (subject to hydrolysis) is 2. The first-order chi connectivity index (χ1) is 28.4. The zero-order valence-corrected chi connectivity index (χ0v) is 33.7. The maximum atomic E-state index is 12.7. The molecule has 12 nitrogen and oxygen atoms in total. The number of para-hydroxylation sites is 2. The second-order valence-corrected chi connectivity index (χ2v) is 14.4. The Morgan fingerprint density at radius 2 is 0.931 bits per heavy atom. The molecule has 2 amide bonds. The number of hydrogen-bond donors (Lipinski definition) is 2. The minimum atomic E-state index is -0.666. The number of carbonyl (C=O) groups is 4. The number of ether oxygens (including phenoxy) is 6. The standard InChI is InChI=1S/C44H48N2O10S2/c1-3-41(47)51-25-23-45-43(49)55-35(29-53-39-21-13-11-19-37(39)33-15-7-5-8-16-33)31-57-27-28-58-32-36(56-44(50)46-24-26-52-42(48)4-2)30-54-40-22-14-12-20-38(40)34-17-9-6-10-18-34/h3-22,35-36H,1-2,23-32H2,(H,45,49)(H,46,50). The quantitative estimate of drug-likeness (QED) is 0.0294. The van der Waals surface area contributed by atoms with E-state index in [1.807, 2.05) is 109 Å². The van der Waals surface area contributed by atoms with Gasteiger partial charge in [-0.15, -0.1) is 0 Å². The molecule has 0 saturated carbocycles. The summed E-state index contributed by atoms with van der Waals surface area (Å²) in [5.74, 6) is 2.39. The molecule has 0 fully saturated rings. The van der Waals surface area contributed by atoms with E-state index in [0.29, 0.717) is 34.5 Å². The number of carbonyl (C=O) groups excluding carboxylic acids is 4. The largest absolute Gasteiger partial charge is 0.489 e. The molecule has 0 saturated heterocycles. The lowest BCUT2D eigenvalue weighted by Gasteiger charge is -2.21. The third-order valence-electron chi connectivity index (χ3n) is 7.88. The molecule has 4 aromatic rings. The Kier molecular flexibility index (Phi) is 20.2. The van der Waals surface area contributed by atoms with E-state index in [4.69, 9.17) is 28.4 Å². The zero-order valence-electron chi connectivity index (χ0n) is 32.1. The first kappa shape index (κ1) is 44.8. The molecule has 4 rings (SSSR count). The van der Waals surface area contributed by atoms with Gasteiger partial charge in [0, 0.05) is 46.3 Å². The predicted molar refractivity (Wildman–Crippen MR) is 228 cm³/mol. The summed E-state index contributed by atoms with van der Waals surface area (Å²) in [4.78, 5) is 48.1. The van der Waals surface area contributed by atoms with E-state index in [9.17, 15) is 19.2 Å². The maximum absolute atomic E-state index is 12.7. The number of rotatable bonds is 25. The summed E-state index contributed by atoms with van der Waals surface area (Å²) < 4.78 is 33.8. The Morgan fingerprint density at radius 1 is 0.552 bits per heavy atom. The molecular formula is C44H48N2O10S2. The number of thioether (sulfide) groups is 2. The van der Waals surface area contributed by atoms with Crippen LogP contribution in [0.2, 0.25) is 0 Å². The van der Waals surface area contributed by atoms with Gasteiger partial charge in [-0.1, -0.05) is 110 Å². The predicted octanol–water partition coefficient (Wildman–Crippen LogP) is 7.59. The average Bonchev–Trinajstić information content (AvgIpc) is 3.26. The van der Waals surface area contributed by atoms with Crippen LogP contribution in [0.25, 0.3) is 22.3 Å². The summed E-state index contributed by atoms with van der Waals surface area (Å²) in [5.41, 5.74) is 3.81. The minimum absolute atomic E-state index is 0.0281. The highest BCUT2D eigenvalue weighted by Crippen LogP contribution is 2.31. The SMILES string of the molecule is C=CC(=O)OCCNC(=O)OC(COc1ccccc1-c1ccccc1)CSCCSCC(COc1ccccc1-c1ccccc1)OC(=O)NCCOC(=O)C=C. The molecule has 0 bridgehead atoms. The van der Waals surface area contributed by atoms with Crippen molar-refractivity contribution in [1.29, 1.82) is 0 Å². The van der Waals surface area contributed by atoms with E-state index < -0.39 is 36.3 Å². The Hall–Kier alpha value is -5.86. The summed E-state index contributed by atoms with van der Waals surface area (Å²) in [7, 11) is 0. The highest BCUT2D eigenvalue weighted by Gasteiger charge is 2.19. The first-order valence-corrected chi connectivity index (χ1v) is 20.8. The molecule has 2 N–H and O–H groups in total. The molecule has 0 radical (unpaired) electrons. The van der Waals surface area contributed by atoms with Gasteiger partial charge in [0.05, 0.1) is 13.1 Å². The summed E-state index contributed by atoms with van der Waals surface area (Å²) in [6, 6.07) is 35.0. The van der Waals surface area contributed by atoms with Crippen LogP contribution in [-0.4, -0.2) is 98.9 Å². The second kappa shape index (κ2) is 26.1. The van der Waals surface area contributed by atoms with Crippen LogP contribution >= 0.6 is 23.5 Å². The van der Waals surface area contributed by atoms with Crippen molar-refractivity contribution in [1.82, 2.24) is 10.6 Å². The smallest absolute Gasteiger partial charge is 0.407 e. The molecule has 14 heteroatoms. The van der Waals surface area contributed by atoms with Crippen LogP contribution in [0.3, 0.4) is 0 Å². The van der Waals surface area contributed by atoms with Crippen molar-refractivity contribution in [2.75, 3.05) is 62.5 Å². The van der Waals surface area contributed by atoms with Crippen molar-refractivity contribution in [3.8, 4) is 33.8 Å². The summed E-state index contributed by atoms with van der Waals surface area (Å²) in [6.07, 6.45) is -0.460. The monoisotopic (exact) mass is 828 g/mol. The second-order valence-electron chi connectivity index (χ2n) is 12.1. The van der Waals surface area contributed by atoms with Crippen molar-refractivity contribution < 1.29 is 47.6 Å². The summed E-state index contributed by atoms with van der Waals surface area (Å²) in [6.45, 7) is 6.99. The number of amides is 2. The lowest BCUT2D eigenvalue weighted by Crippen LogP contribution is -2.35. The van der Waals surface area contributed by atoms with E-state index in [1.165, 1.54) is 0 Å². The topological polar surface area (TPSA) is 148 Å². The zero-order chi connectivity index (χ0) is 41.2. The molecule has 2 unspecified atom stereocenters. The van der Waals surface area contributed by atoms with Crippen LogP contribution in [0, 0.1) is 0 Å². The molecule has 0 aromatic heterocycles. The molecule has 0 spiro atoms. The molecule has 0 aliphatic carbocycles. The fourth-order valence-corrected chi connectivity index (χ4v) is 7.29. The van der Waals surface area contributed by atoms with Gasteiger partial charge in [-0.3, -0.25) is 0 Å². The van der Waals surface area contributed by atoms with Crippen LogP contribution in [0.15, 0.2) is 135 Å². The van der Waals surface area contributed by atoms with Gasteiger partial charge in [-0.05, 0) is 23.3 Å². The summed E-state index contributed by atoms with van der Waals surface area (Å²) >= 11 is 3.16. The van der Waals surface area contributed by atoms with Gasteiger partial charge in [0.1, 0.15) is 50.1 Å². The van der Waals surface area contributed by atoms with E-state index >= 15 is 0 Å². The molecule has 0 heterocycles. The van der Waals surface area contributed by atoms with Gasteiger partial charge < -0.3 is 39.1 Å². The van der Waals surface area contributed by atoms with Crippen LogP contribution in [0.4, 0.5) is 9.59 Å². The average molecular weight is 829 g/mol. The highest BCUT2D eigenvalue weighted by molar-refractivity contribution is 8.02. The number of esters is 2. The van der Waals surface area contributed by atoms with Crippen molar-refractivity contribution >= 4 is 47.6 Å². The van der Waals surface area contributed by atoms with Crippen molar-refractivity contribution in [3.63, 3.8) is 0 Å². The van der Waals surface area contributed by atoms with Crippen molar-refractivity contribution in [3.05, 3.63) is 135 Å². The maximum Gasteiger partial charge on any atom is 0.407 e. The van der Waals surface area contributed by atoms with Crippen molar-refractivity contribution in [2.45, 2.75) is 12.2 Å². The Labute approximate surface area is 347 Å².